The normalized spacial score (nSPS) is 26.4. The zero-order valence-electron chi connectivity index (χ0n) is 10.6. The van der Waals surface area contributed by atoms with Crippen LogP contribution >= 0.6 is 27.3 Å². The summed E-state index contributed by atoms with van der Waals surface area (Å²) in [7, 11) is 1.75. The summed E-state index contributed by atoms with van der Waals surface area (Å²) < 4.78 is 40.5. The van der Waals surface area contributed by atoms with E-state index in [1.54, 1.807) is 7.05 Å². The molecule has 0 aromatic carbocycles. The molecule has 0 saturated heterocycles. The molecule has 6 heteroatoms. The van der Waals surface area contributed by atoms with Crippen LogP contribution in [0.4, 0.5) is 13.2 Å². The Morgan fingerprint density at radius 3 is 2.53 bits per heavy atom. The lowest BCUT2D eigenvalue weighted by molar-refractivity contribution is -0.199. The number of hydrogen-bond donors (Lipinski definition) is 1. The first-order chi connectivity index (χ1) is 8.95. The van der Waals surface area contributed by atoms with Gasteiger partial charge < -0.3 is 5.32 Å². The molecule has 0 amide bonds. The molecule has 1 aromatic rings. The van der Waals surface area contributed by atoms with Crippen molar-refractivity contribution in [3.8, 4) is 0 Å². The zero-order valence-corrected chi connectivity index (χ0v) is 13.0. The Labute approximate surface area is 123 Å². The van der Waals surface area contributed by atoms with Crippen molar-refractivity contribution >= 4 is 27.3 Å². The molecule has 1 saturated carbocycles. The van der Waals surface area contributed by atoms with Crippen LogP contribution in [0, 0.1) is 11.8 Å². The molecule has 108 valence electrons. The second kappa shape index (κ2) is 6.14. The summed E-state index contributed by atoms with van der Waals surface area (Å²) in [4.78, 5) is 0. The minimum Gasteiger partial charge on any atom is -0.313 e. The van der Waals surface area contributed by atoms with E-state index in [-0.39, 0.29) is 18.4 Å². The van der Waals surface area contributed by atoms with E-state index in [0.29, 0.717) is 12.8 Å². The molecule has 19 heavy (non-hydrogen) atoms. The van der Waals surface area contributed by atoms with Crippen molar-refractivity contribution in [2.24, 2.45) is 11.8 Å². The molecular weight excluding hydrogens is 339 g/mol. The van der Waals surface area contributed by atoms with Gasteiger partial charge in [-0.3, -0.25) is 0 Å². The second-order valence-corrected chi connectivity index (χ2v) is 6.64. The highest BCUT2D eigenvalue weighted by atomic mass is 79.9. The van der Waals surface area contributed by atoms with Crippen LogP contribution in [0.25, 0.3) is 0 Å². The van der Waals surface area contributed by atoms with Crippen LogP contribution in [-0.2, 0) is 0 Å². The van der Waals surface area contributed by atoms with Gasteiger partial charge in [0.1, 0.15) is 0 Å². The lowest BCUT2D eigenvalue weighted by Gasteiger charge is -2.38. The molecule has 0 spiro atoms. The summed E-state index contributed by atoms with van der Waals surface area (Å²) in [6.45, 7) is 0. The van der Waals surface area contributed by atoms with E-state index < -0.39 is 12.1 Å². The first kappa shape index (κ1) is 15.3. The number of hydrogen-bond acceptors (Lipinski definition) is 2. The fraction of sp³-hybridized carbons (Fsp3) is 0.692. The maximum absolute atomic E-state index is 13.2. The predicted molar refractivity (Wildman–Crippen MR) is 75.3 cm³/mol. The molecule has 0 bridgehead atoms. The van der Waals surface area contributed by atoms with Crippen molar-refractivity contribution in [1.29, 1.82) is 0 Å². The standard InChI is InChI=1S/C13H17BrF3NS/c1-18-12(9-6-19-7-11(9)14)8-4-2-3-5-10(8)13(15,16)17/h6-8,10,12,18H,2-5H2,1H3. The molecule has 1 aliphatic rings. The highest BCUT2D eigenvalue weighted by molar-refractivity contribution is 9.10. The van der Waals surface area contributed by atoms with Gasteiger partial charge in [0.2, 0.25) is 0 Å². The molecule has 1 N–H and O–H groups in total. The van der Waals surface area contributed by atoms with Crippen LogP contribution in [0.1, 0.15) is 37.3 Å². The molecule has 0 aliphatic heterocycles. The summed E-state index contributed by atoms with van der Waals surface area (Å²) in [6, 6.07) is -0.229. The van der Waals surface area contributed by atoms with Crippen molar-refractivity contribution < 1.29 is 13.2 Å². The fourth-order valence-electron chi connectivity index (χ4n) is 3.08. The van der Waals surface area contributed by atoms with E-state index in [4.69, 9.17) is 0 Å². The van der Waals surface area contributed by atoms with Gasteiger partial charge in [-0.25, -0.2) is 0 Å². The third kappa shape index (κ3) is 3.34. The molecule has 1 aromatic heterocycles. The Kier molecular flexibility index (Phi) is 4.95. The fourth-order valence-corrected chi connectivity index (χ4v) is 4.66. The molecule has 3 atom stereocenters. The Bertz CT molecular complexity index is 418. The van der Waals surface area contributed by atoms with Gasteiger partial charge in [-0.15, -0.1) is 0 Å². The Morgan fingerprint density at radius 1 is 1.32 bits per heavy atom. The van der Waals surface area contributed by atoms with Crippen LogP contribution in [0.3, 0.4) is 0 Å². The van der Waals surface area contributed by atoms with Gasteiger partial charge in [-0.2, -0.15) is 24.5 Å². The highest BCUT2D eigenvalue weighted by Gasteiger charge is 2.48. The summed E-state index contributed by atoms with van der Waals surface area (Å²) in [6.07, 6.45) is -1.63. The first-order valence-electron chi connectivity index (χ1n) is 6.40. The van der Waals surface area contributed by atoms with Crippen LogP contribution in [-0.4, -0.2) is 13.2 Å². The zero-order chi connectivity index (χ0) is 14.0. The second-order valence-electron chi connectivity index (χ2n) is 5.04. The SMILES string of the molecule is CNC(c1cscc1Br)C1CCCCC1C(F)(F)F. The topological polar surface area (TPSA) is 12.0 Å². The van der Waals surface area contributed by atoms with Gasteiger partial charge in [0.25, 0.3) is 0 Å². The predicted octanol–water partition coefficient (Wildman–Crippen LogP) is 5.14. The monoisotopic (exact) mass is 355 g/mol. The smallest absolute Gasteiger partial charge is 0.313 e. The van der Waals surface area contributed by atoms with Crippen molar-refractivity contribution in [3.63, 3.8) is 0 Å². The van der Waals surface area contributed by atoms with E-state index in [0.717, 1.165) is 16.5 Å². The number of nitrogens with one attached hydrogen (secondary N) is 1. The van der Waals surface area contributed by atoms with Crippen molar-refractivity contribution in [2.75, 3.05) is 7.05 Å². The van der Waals surface area contributed by atoms with Gasteiger partial charge >= 0.3 is 6.18 Å². The third-order valence-corrected chi connectivity index (χ3v) is 5.71. The van der Waals surface area contributed by atoms with Gasteiger partial charge in [0.05, 0.1) is 5.92 Å². The average Bonchev–Trinajstić information content (AvgIpc) is 2.76. The minimum atomic E-state index is -4.09. The summed E-state index contributed by atoms with van der Waals surface area (Å²) in [5.74, 6) is -1.56. The average molecular weight is 356 g/mol. The lowest BCUT2D eigenvalue weighted by Crippen LogP contribution is -2.39. The van der Waals surface area contributed by atoms with Crippen molar-refractivity contribution in [2.45, 2.75) is 37.9 Å². The largest absolute Gasteiger partial charge is 0.392 e. The summed E-state index contributed by atoms with van der Waals surface area (Å²) in [5, 5.41) is 6.95. The summed E-state index contributed by atoms with van der Waals surface area (Å²) >= 11 is 4.95. The Balaban J connectivity index is 2.27. The van der Waals surface area contributed by atoms with Crippen LogP contribution < -0.4 is 5.32 Å². The Hall–Kier alpha value is -0.0700. The third-order valence-electron chi connectivity index (χ3n) is 3.96. The quantitative estimate of drug-likeness (QED) is 0.791. The van der Waals surface area contributed by atoms with E-state index >= 15 is 0 Å². The van der Waals surface area contributed by atoms with E-state index in [9.17, 15) is 13.2 Å². The lowest BCUT2D eigenvalue weighted by atomic mass is 9.73. The maximum atomic E-state index is 13.2. The number of alkyl halides is 3. The van der Waals surface area contributed by atoms with E-state index in [1.807, 2.05) is 10.8 Å². The van der Waals surface area contributed by atoms with Crippen LogP contribution in [0.2, 0.25) is 0 Å². The van der Waals surface area contributed by atoms with Gasteiger partial charge in [0, 0.05) is 15.9 Å². The van der Waals surface area contributed by atoms with Crippen molar-refractivity contribution in [3.05, 3.63) is 20.8 Å². The number of rotatable bonds is 3. The molecule has 0 radical (unpaired) electrons. The number of halogens is 4. The van der Waals surface area contributed by atoms with Gasteiger partial charge in [0.15, 0.2) is 0 Å². The minimum absolute atomic E-state index is 0.229. The first-order valence-corrected chi connectivity index (χ1v) is 8.14. The van der Waals surface area contributed by atoms with Gasteiger partial charge in [-0.05, 0) is 52.7 Å². The van der Waals surface area contributed by atoms with Crippen LogP contribution in [0.5, 0.6) is 0 Å². The van der Waals surface area contributed by atoms with E-state index in [1.165, 1.54) is 11.3 Å². The molecular formula is C13H17BrF3NS. The van der Waals surface area contributed by atoms with E-state index in [2.05, 4.69) is 21.2 Å². The molecule has 2 rings (SSSR count). The van der Waals surface area contributed by atoms with Crippen molar-refractivity contribution in [1.82, 2.24) is 5.32 Å². The number of thiophene rings is 1. The maximum Gasteiger partial charge on any atom is 0.392 e. The molecule has 1 heterocycles. The Morgan fingerprint density at radius 2 is 2.00 bits per heavy atom. The molecule has 1 nitrogen and oxygen atoms in total. The molecule has 1 aliphatic carbocycles. The highest BCUT2D eigenvalue weighted by Crippen LogP contribution is 2.47. The molecule has 3 unspecified atom stereocenters. The van der Waals surface area contributed by atoms with Crippen LogP contribution in [0.15, 0.2) is 15.2 Å². The summed E-state index contributed by atoms with van der Waals surface area (Å²) in [5.41, 5.74) is 0.952. The molecule has 1 fully saturated rings. The van der Waals surface area contributed by atoms with Gasteiger partial charge in [-0.1, -0.05) is 12.8 Å².